The van der Waals surface area contributed by atoms with E-state index in [-0.39, 0.29) is 10.6 Å². The van der Waals surface area contributed by atoms with Gasteiger partial charge in [-0.3, -0.25) is 14.8 Å². The molecule has 0 bridgehead atoms. The first-order valence-corrected chi connectivity index (χ1v) is 7.09. The van der Waals surface area contributed by atoms with Crippen LogP contribution in [0.25, 0.3) is 0 Å². The van der Waals surface area contributed by atoms with Gasteiger partial charge in [0, 0.05) is 24.4 Å². The van der Waals surface area contributed by atoms with Crippen molar-refractivity contribution in [3.05, 3.63) is 50.7 Å². The molecule has 0 saturated heterocycles. The van der Waals surface area contributed by atoms with Crippen molar-refractivity contribution in [3.8, 4) is 0 Å². The molecule has 1 heterocycles. The summed E-state index contributed by atoms with van der Waals surface area (Å²) in [6.45, 7) is 3.20. The number of halogens is 1. The fraction of sp³-hybridized carbons (Fsp3) is 0.308. The Balaban J connectivity index is 2.35. The first-order chi connectivity index (χ1) is 9.61. The summed E-state index contributed by atoms with van der Waals surface area (Å²) in [5.74, 6) is 0. The molecule has 0 aliphatic carbocycles. The zero-order valence-electron chi connectivity index (χ0n) is 11.0. The van der Waals surface area contributed by atoms with Crippen LogP contribution in [0, 0.1) is 10.1 Å². The fourth-order valence-electron chi connectivity index (χ4n) is 1.92. The Kier molecular flexibility index (Phi) is 4.73. The molecule has 2 aromatic rings. The summed E-state index contributed by atoms with van der Waals surface area (Å²) in [5.41, 5.74) is 1.52. The highest BCUT2D eigenvalue weighted by molar-refractivity contribution is 9.10. The fourth-order valence-corrected chi connectivity index (χ4v) is 2.25. The zero-order valence-corrected chi connectivity index (χ0v) is 12.6. The van der Waals surface area contributed by atoms with E-state index in [1.807, 2.05) is 19.2 Å². The highest BCUT2D eigenvalue weighted by Crippen LogP contribution is 2.29. The summed E-state index contributed by atoms with van der Waals surface area (Å²) in [5, 5.41) is 18.5. The van der Waals surface area contributed by atoms with Crippen molar-refractivity contribution in [2.24, 2.45) is 0 Å². The summed E-state index contributed by atoms with van der Waals surface area (Å²) in [4.78, 5) is 10.8. The Labute approximate surface area is 125 Å². The second-order valence-electron chi connectivity index (χ2n) is 4.35. The molecule has 1 N–H and O–H groups in total. The van der Waals surface area contributed by atoms with E-state index in [1.165, 1.54) is 6.07 Å². The van der Waals surface area contributed by atoms with Crippen LogP contribution in [-0.2, 0) is 6.54 Å². The number of hydrogen-bond donors (Lipinski definition) is 1. The van der Waals surface area contributed by atoms with Crippen LogP contribution >= 0.6 is 15.9 Å². The van der Waals surface area contributed by atoms with Crippen molar-refractivity contribution in [3.63, 3.8) is 0 Å². The average Bonchev–Trinajstić information content (AvgIpc) is 2.82. The maximum atomic E-state index is 11.1. The Morgan fingerprint density at radius 3 is 2.90 bits per heavy atom. The summed E-state index contributed by atoms with van der Waals surface area (Å²) in [6.07, 6.45) is 4.43. The molecule has 106 valence electrons. The highest BCUT2D eigenvalue weighted by atomic mass is 79.9. The van der Waals surface area contributed by atoms with Gasteiger partial charge >= 0.3 is 0 Å². The highest BCUT2D eigenvalue weighted by Gasteiger charge is 2.17. The molecule has 0 spiro atoms. The Morgan fingerprint density at radius 1 is 1.50 bits per heavy atom. The quantitative estimate of drug-likeness (QED) is 0.646. The lowest BCUT2D eigenvalue weighted by molar-refractivity contribution is -0.384. The molecule has 0 unspecified atom stereocenters. The molecular weight excluding hydrogens is 324 g/mol. The number of rotatable bonds is 6. The summed E-state index contributed by atoms with van der Waals surface area (Å²) in [7, 11) is 0. The SMILES string of the molecule is CCCNc1c(Cn2cc(Br)cn2)cccc1[N+](=O)[O-]. The number of anilines is 1. The molecule has 0 amide bonds. The summed E-state index contributed by atoms with van der Waals surface area (Å²) >= 11 is 3.34. The lowest BCUT2D eigenvalue weighted by atomic mass is 10.1. The topological polar surface area (TPSA) is 73.0 Å². The van der Waals surface area contributed by atoms with E-state index in [9.17, 15) is 10.1 Å². The van der Waals surface area contributed by atoms with Gasteiger partial charge in [-0.05, 0) is 22.4 Å². The average molecular weight is 339 g/mol. The summed E-state index contributed by atoms with van der Waals surface area (Å²) < 4.78 is 2.62. The lowest BCUT2D eigenvalue weighted by Gasteiger charge is -2.12. The molecule has 0 aliphatic heterocycles. The number of nitro benzene ring substituents is 1. The van der Waals surface area contributed by atoms with E-state index in [0.717, 1.165) is 16.5 Å². The molecule has 0 fully saturated rings. The minimum absolute atomic E-state index is 0.0992. The van der Waals surface area contributed by atoms with Crippen molar-refractivity contribution in [2.75, 3.05) is 11.9 Å². The lowest BCUT2D eigenvalue weighted by Crippen LogP contribution is -2.09. The van der Waals surface area contributed by atoms with Gasteiger partial charge in [0.1, 0.15) is 5.69 Å². The summed E-state index contributed by atoms with van der Waals surface area (Å²) in [6, 6.07) is 5.09. The molecule has 6 nitrogen and oxygen atoms in total. The van der Waals surface area contributed by atoms with Crippen LogP contribution in [0.4, 0.5) is 11.4 Å². The standard InChI is InChI=1S/C13H15BrN4O2/c1-2-6-15-13-10(4-3-5-12(13)18(19)20)8-17-9-11(14)7-16-17/h3-5,7,9,15H,2,6,8H2,1H3. The number of hydrogen-bond acceptors (Lipinski definition) is 4. The van der Waals surface area contributed by atoms with E-state index in [0.29, 0.717) is 18.8 Å². The van der Waals surface area contributed by atoms with E-state index < -0.39 is 0 Å². The molecule has 7 heteroatoms. The van der Waals surface area contributed by atoms with Crippen LogP contribution in [0.2, 0.25) is 0 Å². The minimum atomic E-state index is -0.361. The third kappa shape index (κ3) is 3.36. The molecule has 1 aromatic heterocycles. The van der Waals surface area contributed by atoms with Crippen LogP contribution in [0.5, 0.6) is 0 Å². The van der Waals surface area contributed by atoms with Gasteiger partial charge in [-0.15, -0.1) is 0 Å². The molecule has 2 rings (SSSR count). The van der Waals surface area contributed by atoms with E-state index in [4.69, 9.17) is 0 Å². The molecule has 0 saturated carbocycles. The molecule has 0 radical (unpaired) electrons. The van der Waals surface area contributed by atoms with Gasteiger partial charge in [-0.2, -0.15) is 5.10 Å². The van der Waals surface area contributed by atoms with E-state index in [2.05, 4.69) is 26.3 Å². The number of benzene rings is 1. The number of nitro groups is 1. The second-order valence-corrected chi connectivity index (χ2v) is 5.27. The van der Waals surface area contributed by atoms with Gasteiger partial charge < -0.3 is 5.32 Å². The second kappa shape index (κ2) is 6.51. The third-order valence-corrected chi connectivity index (χ3v) is 3.22. The van der Waals surface area contributed by atoms with Gasteiger partial charge in [0.05, 0.1) is 22.1 Å². The van der Waals surface area contributed by atoms with Crippen LogP contribution in [0.3, 0.4) is 0 Å². The predicted octanol–water partition coefficient (Wildman–Crippen LogP) is 3.42. The minimum Gasteiger partial charge on any atom is -0.379 e. The number of para-hydroxylation sites is 1. The molecule has 0 atom stereocenters. The molecule has 0 aliphatic rings. The predicted molar refractivity (Wildman–Crippen MR) is 80.9 cm³/mol. The smallest absolute Gasteiger partial charge is 0.292 e. The number of nitrogens with one attached hydrogen (secondary N) is 1. The monoisotopic (exact) mass is 338 g/mol. The van der Waals surface area contributed by atoms with Crippen LogP contribution in [0.15, 0.2) is 35.1 Å². The third-order valence-electron chi connectivity index (χ3n) is 2.81. The maximum absolute atomic E-state index is 11.1. The molecule has 1 aromatic carbocycles. The van der Waals surface area contributed by atoms with Crippen LogP contribution in [-0.4, -0.2) is 21.2 Å². The normalized spacial score (nSPS) is 10.5. The molecule has 20 heavy (non-hydrogen) atoms. The van der Waals surface area contributed by atoms with Gasteiger partial charge in [-0.1, -0.05) is 19.1 Å². The Bertz CT molecular complexity index is 612. The van der Waals surface area contributed by atoms with Crippen molar-refractivity contribution < 1.29 is 4.92 Å². The number of aromatic nitrogens is 2. The van der Waals surface area contributed by atoms with Crippen molar-refractivity contribution in [1.82, 2.24) is 9.78 Å². The first kappa shape index (κ1) is 14.5. The largest absolute Gasteiger partial charge is 0.379 e. The molecular formula is C13H15BrN4O2. The van der Waals surface area contributed by atoms with Crippen LogP contribution < -0.4 is 5.32 Å². The maximum Gasteiger partial charge on any atom is 0.292 e. The van der Waals surface area contributed by atoms with Crippen molar-refractivity contribution >= 4 is 27.3 Å². The first-order valence-electron chi connectivity index (χ1n) is 6.30. The van der Waals surface area contributed by atoms with Crippen LogP contribution in [0.1, 0.15) is 18.9 Å². The van der Waals surface area contributed by atoms with E-state index in [1.54, 1.807) is 16.9 Å². The van der Waals surface area contributed by atoms with E-state index >= 15 is 0 Å². The van der Waals surface area contributed by atoms with Gasteiger partial charge in [0.2, 0.25) is 0 Å². The Hall–Kier alpha value is -1.89. The number of nitrogens with zero attached hydrogens (tertiary/aromatic N) is 3. The van der Waals surface area contributed by atoms with Crippen molar-refractivity contribution in [1.29, 1.82) is 0 Å². The van der Waals surface area contributed by atoms with Gasteiger partial charge in [0.25, 0.3) is 5.69 Å². The Morgan fingerprint density at radius 2 is 2.30 bits per heavy atom. The zero-order chi connectivity index (χ0) is 14.5. The van der Waals surface area contributed by atoms with Crippen molar-refractivity contribution in [2.45, 2.75) is 19.9 Å². The van der Waals surface area contributed by atoms with Gasteiger partial charge in [0.15, 0.2) is 0 Å². The van der Waals surface area contributed by atoms with Gasteiger partial charge in [-0.25, -0.2) is 0 Å².